The molecule has 8 nitrogen and oxygen atoms in total. The Morgan fingerprint density at radius 2 is 1.89 bits per heavy atom. The Kier molecular flexibility index (Phi) is 6.04. The Balaban J connectivity index is 1.69. The summed E-state index contributed by atoms with van der Waals surface area (Å²) in [6, 6.07) is 16.9. The lowest BCUT2D eigenvalue weighted by Gasteiger charge is -2.12. The van der Waals surface area contributed by atoms with E-state index in [1.54, 1.807) is 6.07 Å². The molecule has 1 aliphatic rings. The van der Waals surface area contributed by atoms with Gasteiger partial charge < -0.3 is 4.74 Å². The van der Waals surface area contributed by atoms with Crippen LogP contribution in [0.4, 0.5) is 0 Å². The summed E-state index contributed by atoms with van der Waals surface area (Å²) >= 11 is 1.35. The number of fused-ring (bicyclic) bond motifs is 3. The lowest BCUT2D eigenvalue weighted by atomic mass is 9.96. The summed E-state index contributed by atoms with van der Waals surface area (Å²) in [5.74, 6) is 0.764. The number of benzene rings is 2. The minimum atomic E-state index is -0.612. The van der Waals surface area contributed by atoms with Crippen LogP contribution < -0.4 is 0 Å². The van der Waals surface area contributed by atoms with Crippen molar-refractivity contribution in [1.29, 1.82) is 5.26 Å². The molecule has 1 aliphatic heterocycles. The summed E-state index contributed by atoms with van der Waals surface area (Å²) in [6.07, 6.45) is 0.856. The highest BCUT2D eigenvalue weighted by molar-refractivity contribution is 7.16. The molecule has 0 bridgehead atoms. The van der Waals surface area contributed by atoms with E-state index in [0.717, 1.165) is 39.1 Å². The lowest BCUT2D eigenvalue weighted by molar-refractivity contribution is -0.141. The van der Waals surface area contributed by atoms with Crippen molar-refractivity contribution in [3.8, 4) is 22.2 Å². The maximum atomic E-state index is 12.3. The van der Waals surface area contributed by atoms with Crippen molar-refractivity contribution in [3.63, 3.8) is 0 Å². The molecule has 0 saturated carbocycles. The van der Waals surface area contributed by atoms with Crippen molar-refractivity contribution >= 4 is 29.3 Å². The Morgan fingerprint density at radius 3 is 2.58 bits per heavy atom. The van der Waals surface area contributed by atoms with E-state index in [0.29, 0.717) is 27.8 Å². The topological polar surface area (TPSA) is 110 Å². The van der Waals surface area contributed by atoms with Crippen LogP contribution in [0, 0.1) is 25.2 Å². The fourth-order valence-corrected chi connectivity index (χ4v) is 5.55. The SMILES string of the molecule is COC(=O)C[C@@H]1N=C(c2ccc(-c3cccc(C#N)c3)cc2)c2c(sc(C=O)c2C)-n2c(C)nnc21. The Morgan fingerprint density at radius 1 is 1.14 bits per heavy atom. The standard InChI is InChI=1S/C27H21N5O3S/c1-15-22(14-33)36-27-24(15)25(29-21(12-23(34)35-3)26-31-30-16(2)32(26)27)19-9-7-18(8-10-19)20-6-4-5-17(11-20)13-28/h4-11,14,21H,12H2,1-3H3/t21-/m0/s1. The Labute approximate surface area is 211 Å². The number of methoxy groups -OCH3 is 1. The van der Waals surface area contributed by atoms with Gasteiger partial charge in [-0.05, 0) is 42.7 Å². The van der Waals surface area contributed by atoms with Gasteiger partial charge in [0.1, 0.15) is 16.9 Å². The molecular weight excluding hydrogens is 474 g/mol. The predicted octanol–water partition coefficient (Wildman–Crippen LogP) is 4.75. The van der Waals surface area contributed by atoms with Gasteiger partial charge in [-0.25, -0.2) is 0 Å². The zero-order chi connectivity index (χ0) is 25.4. The molecule has 0 fully saturated rings. The van der Waals surface area contributed by atoms with Crippen LogP contribution in [0.2, 0.25) is 0 Å². The first-order valence-corrected chi connectivity index (χ1v) is 12.0. The van der Waals surface area contributed by atoms with Gasteiger partial charge >= 0.3 is 5.97 Å². The van der Waals surface area contributed by atoms with E-state index in [-0.39, 0.29) is 6.42 Å². The number of aldehydes is 1. The molecular formula is C27H21N5O3S. The third-order valence-electron chi connectivity index (χ3n) is 6.22. The molecule has 0 saturated heterocycles. The molecule has 2 aromatic heterocycles. The first-order valence-electron chi connectivity index (χ1n) is 11.2. The zero-order valence-corrected chi connectivity index (χ0v) is 20.7. The molecule has 0 aliphatic carbocycles. The fourth-order valence-electron chi connectivity index (χ4n) is 4.37. The number of aryl methyl sites for hydroxylation is 1. The molecule has 2 aromatic carbocycles. The van der Waals surface area contributed by atoms with Gasteiger partial charge in [-0.1, -0.05) is 36.4 Å². The normalized spacial score (nSPS) is 14.2. The highest BCUT2D eigenvalue weighted by atomic mass is 32.1. The number of aliphatic imine (C=N–C) groups is 1. The zero-order valence-electron chi connectivity index (χ0n) is 19.8. The van der Waals surface area contributed by atoms with Gasteiger partial charge in [0.05, 0.1) is 35.8 Å². The smallest absolute Gasteiger partial charge is 0.308 e. The summed E-state index contributed by atoms with van der Waals surface area (Å²) in [5.41, 5.74) is 5.62. The number of rotatable bonds is 5. The maximum absolute atomic E-state index is 12.3. The molecule has 0 N–H and O–H groups in total. The number of thiophene rings is 1. The van der Waals surface area contributed by atoms with Gasteiger partial charge in [-0.3, -0.25) is 19.1 Å². The number of carbonyl (C=O) groups excluding carboxylic acids is 2. The van der Waals surface area contributed by atoms with Gasteiger partial charge in [-0.15, -0.1) is 21.5 Å². The van der Waals surface area contributed by atoms with Gasteiger partial charge in [0.25, 0.3) is 0 Å². The number of hydrogen-bond donors (Lipinski definition) is 0. The second-order valence-electron chi connectivity index (χ2n) is 8.37. The summed E-state index contributed by atoms with van der Waals surface area (Å²) < 4.78 is 6.81. The first-order chi connectivity index (χ1) is 17.4. The van der Waals surface area contributed by atoms with Crippen LogP contribution in [0.1, 0.15) is 56.0 Å². The monoisotopic (exact) mass is 495 g/mol. The highest BCUT2D eigenvalue weighted by Gasteiger charge is 2.33. The van der Waals surface area contributed by atoms with Crippen molar-refractivity contribution < 1.29 is 14.3 Å². The van der Waals surface area contributed by atoms with E-state index in [1.165, 1.54) is 18.4 Å². The fraction of sp³-hybridized carbons (Fsp3) is 0.185. The van der Waals surface area contributed by atoms with Crippen LogP contribution in [0.5, 0.6) is 0 Å². The first kappa shape index (κ1) is 23.3. The average Bonchev–Trinajstić information content (AvgIpc) is 3.41. The predicted molar refractivity (Wildman–Crippen MR) is 136 cm³/mol. The molecule has 178 valence electrons. The molecule has 1 atom stereocenters. The van der Waals surface area contributed by atoms with Crippen LogP contribution in [-0.4, -0.2) is 39.8 Å². The van der Waals surface area contributed by atoms with Gasteiger partial charge in [0.2, 0.25) is 0 Å². The van der Waals surface area contributed by atoms with Crippen LogP contribution in [0.15, 0.2) is 53.5 Å². The number of carbonyl (C=O) groups is 2. The largest absolute Gasteiger partial charge is 0.469 e. The Bertz CT molecular complexity index is 1570. The molecule has 3 heterocycles. The maximum Gasteiger partial charge on any atom is 0.308 e. The van der Waals surface area contributed by atoms with Gasteiger partial charge in [0, 0.05) is 11.1 Å². The van der Waals surface area contributed by atoms with E-state index in [9.17, 15) is 14.9 Å². The molecule has 0 unspecified atom stereocenters. The number of esters is 1. The van der Waals surface area contributed by atoms with E-state index >= 15 is 0 Å². The third-order valence-corrected chi connectivity index (χ3v) is 7.42. The number of nitrogens with zero attached hydrogens (tertiary/aromatic N) is 5. The quantitative estimate of drug-likeness (QED) is 0.292. The molecule has 0 spiro atoms. The van der Waals surface area contributed by atoms with Crippen molar-refractivity contribution in [1.82, 2.24) is 14.8 Å². The van der Waals surface area contributed by atoms with Crippen molar-refractivity contribution in [2.45, 2.75) is 26.3 Å². The van der Waals surface area contributed by atoms with E-state index in [2.05, 4.69) is 16.3 Å². The summed E-state index contributed by atoms with van der Waals surface area (Å²) in [6.45, 7) is 3.73. The number of nitriles is 1. The highest BCUT2D eigenvalue weighted by Crippen LogP contribution is 2.39. The Hall–Kier alpha value is -4.42. The van der Waals surface area contributed by atoms with Crippen LogP contribution >= 0.6 is 11.3 Å². The average molecular weight is 496 g/mol. The molecule has 5 rings (SSSR count). The summed E-state index contributed by atoms with van der Waals surface area (Å²) in [5, 5.41) is 18.6. The molecule has 36 heavy (non-hydrogen) atoms. The van der Waals surface area contributed by atoms with Crippen LogP contribution in [0.3, 0.4) is 0 Å². The van der Waals surface area contributed by atoms with Gasteiger partial charge in [-0.2, -0.15) is 5.26 Å². The molecule has 9 heteroatoms. The van der Waals surface area contributed by atoms with Gasteiger partial charge in [0.15, 0.2) is 12.1 Å². The minimum absolute atomic E-state index is 0.00565. The number of aromatic nitrogens is 3. The lowest BCUT2D eigenvalue weighted by Crippen LogP contribution is -2.12. The van der Waals surface area contributed by atoms with Crippen LogP contribution in [0.25, 0.3) is 16.1 Å². The number of hydrogen-bond acceptors (Lipinski definition) is 8. The second kappa shape index (κ2) is 9.32. The van der Waals surface area contributed by atoms with E-state index in [1.807, 2.05) is 60.9 Å². The summed E-state index contributed by atoms with van der Waals surface area (Å²) in [4.78, 5) is 29.7. The minimum Gasteiger partial charge on any atom is -0.469 e. The van der Waals surface area contributed by atoms with Crippen LogP contribution in [-0.2, 0) is 9.53 Å². The second-order valence-corrected chi connectivity index (χ2v) is 9.40. The van der Waals surface area contributed by atoms with E-state index < -0.39 is 12.0 Å². The molecule has 0 amide bonds. The van der Waals surface area contributed by atoms with E-state index in [4.69, 9.17) is 9.73 Å². The van der Waals surface area contributed by atoms with Crippen molar-refractivity contribution in [2.75, 3.05) is 7.11 Å². The van der Waals surface area contributed by atoms with Crippen molar-refractivity contribution in [2.24, 2.45) is 4.99 Å². The summed E-state index contributed by atoms with van der Waals surface area (Å²) in [7, 11) is 1.34. The third kappa shape index (κ3) is 3.91. The molecule has 4 aromatic rings. The number of ether oxygens (including phenoxy) is 1. The van der Waals surface area contributed by atoms with Crippen molar-refractivity contribution in [3.05, 3.63) is 87.3 Å². The molecule has 0 radical (unpaired) electrons.